The molecule has 2 N–H and O–H groups in total. The van der Waals surface area contributed by atoms with Crippen LogP contribution in [0.15, 0.2) is 50.5 Å². The number of hydrogen-bond acceptors (Lipinski definition) is 8. The topological polar surface area (TPSA) is 143 Å². The third kappa shape index (κ3) is 3.69. The van der Waals surface area contributed by atoms with E-state index in [2.05, 4.69) is 29.8 Å². The molecule has 182 valence electrons. The summed E-state index contributed by atoms with van der Waals surface area (Å²) in [6.07, 6.45) is 3.15. The maximum absolute atomic E-state index is 13.3. The molecule has 1 fully saturated rings. The van der Waals surface area contributed by atoms with E-state index in [1.54, 1.807) is 42.8 Å². The predicted molar refractivity (Wildman–Crippen MR) is 133 cm³/mol. The molecule has 0 radical (unpaired) electrons. The third-order valence-electron chi connectivity index (χ3n) is 6.69. The number of benzene rings is 1. The summed E-state index contributed by atoms with van der Waals surface area (Å²) < 4.78 is 6.95. The number of aromatic nitrogens is 6. The molecule has 4 aromatic heterocycles. The summed E-state index contributed by atoms with van der Waals surface area (Å²) in [7, 11) is 0. The molecule has 11 nitrogen and oxygen atoms in total. The Hall–Kier alpha value is -4.54. The van der Waals surface area contributed by atoms with Crippen LogP contribution in [0.3, 0.4) is 0 Å². The second-order valence-electron chi connectivity index (χ2n) is 9.06. The number of aromatic amines is 2. The summed E-state index contributed by atoms with van der Waals surface area (Å²) in [5, 5.41) is 0. The van der Waals surface area contributed by atoms with Crippen molar-refractivity contribution < 1.29 is 9.21 Å². The van der Waals surface area contributed by atoms with E-state index in [0.717, 1.165) is 23.9 Å². The zero-order valence-corrected chi connectivity index (χ0v) is 19.7. The van der Waals surface area contributed by atoms with Crippen LogP contribution in [0, 0.1) is 13.8 Å². The van der Waals surface area contributed by atoms with E-state index < -0.39 is 5.76 Å². The molecule has 1 saturated heterocycles. The van der Waals surface area contributed by atoms with Crippen molar-refractivity contribution in [1.82, 2.24) is 29.5 Å². The first kappa shape index (κ1) is 22.0. The molecule has 1 aliphatic rings. The summed E-state index contributed by atoms with van der Waals surface area (Å²) in [5.74, 6) is 0.321. The predicted octanol–water partition coefficient (Wildman–Crippen LogP) is 2.64. The van der Waals surface area contributed by atoms with E-state index in [0.29, 0.717) is 47.0 Å². The summed E-state index contributed by atoms with van der Waals surface area (Å²) >= 11 is 0. The van der Waals surface area contributed by atoms with Gasteiger partial charge in [0.15, 0.2) is 11.2 Å². The molecule has 11 heteroatoms. The average Bonchev–Trinajstić information content (AvgIpc) is 3.41. The molecule has 0 atom stereocenters. The molecule has 0 bridgehead atoms. The Bertz CT molecular complexity index is 1750. The van der Waals surface area contributed by atoms with E-state index in [9.17, 15) is 14.4 Å². The van der Waals surface area contributed by atoms with Gasteiger partial charge in [-0.25, -0.2) is 24.5 Å². The highest BCUT2D eigenvalue weighted by molar-refractivity contribution is 6.09. The van der Waals surface area contributed by atoms with Crippen molar-refractivity contribution in [3.8, 4) is 0 Å². The van der Waals surface area contributed by atoms with Crippen molar-refractivity contribution in [3.05, 3.63) is 80.2 Å². The number of piperidine rings is 1. The van der Waals surface area contributed by atoms with E-state index in [1.807, 2.05) is 12.1 Å². The van der Waals surface area contributed by atoms with E-state index >= 15 is 0 Å². The lowest BCUT2D eigenvalue weighted by atomic mass is 10.0. The van der Waals surface area contributed by atoms with Crippen molar-refractivity contribution in [2.45, 2.75) is 32.7 Å². The third-order valence-corrected chi connectivity index (χ3v) is 6.69. The molecular formula is C25H23N7O4. The fourth-order valence-corrected chi connectivity index (χ4v) is 5.01. The molecule has 0 spiro atoms. The number of carbonyl (C=O) groups is 1. The number of fused-ring (bicyclic) bond motifs is 2. The SMILES string of the molecule is Cc1nc(C(=O)c2cc(C)c3[nH]c(=O)oc3c2)cc(N2CCC(n3c(=O)[nH]c4ncccc43)CC2)n1. The highest BCUT2D eigenvalue weighted by Gasteiger charge is 2.26. The molecule has 0 amide bonds. The monoisotopic (exact) mass is 485 g/mol. The van der Waals surface area contributed by atoms with Crippen LogP contribution in [0.4, 0.5) is 5.82 Å². The first-order chi connectivity index (χ1) is 17.4. The van der Waals surface area contributed by atoms with Crippen LogP contribution in [-0.2, 0) is 0 Å². The van der Waals surface area contributed by atoms with Gasteiger partial charge in [-0.2, -0.15) is 0 Å². The maximum atomic E-state index is 13.3. The van der Waals surface area contributed by atoms with Crippen molar-refractivity contribution in [2.75, 3.05) is 18.0 Å². The zero-order chi connectivity index (χ0) is 25.0. The van der Waals surface area contributed by atoms with Gasteiger partial charge < -0.3 is 9.32 Å². The van der Waals surface area contributed by atoms with Crippen LogP contribution in [0.2, 0.25) is 0 Å². The molecule has 36 heavy (non-hydrogen) atoms. The fourth-order valence-electron chi connectivity index (χ4n) is 5.01. The van der Waals surface area contributed by atoms with Crippen LogP contribution in [-0.4, -0.2) is 48.4 Å². The normalized spacial score (nSPS) is 14.7. The number of pyridine rings is 1. The van der Waals surface area contributed by atoms with Crippen molar-refractivity contribution in [1.29, 1.82) is 0 Å². The van der Waals surface area contributed by atoms with Gasteiger partial charge in [-0.15, -0.1) is 0 Å². The Morgan fingerprint density at radius 2 is 1.89 bits per heavy atom. The van der Waals surface area contributed by atoms with E-state index in [4.69, 9.17) is 4.42 Å². The Balaban J connectivity index is 1.26. The Morgan fingerprint density at radius 1 is 1.08 bits per heavy atom. The Labute approximate surface area is 203 Å². The number of imidazole rings is 1. The van der Waals surface area contributed by atoms with Crippen LogP contribution >= 0.6 is 0 Å². The molecule has 0 saturated carbocycles. The quantitative estimate of drug-likeness (QED) is 0.370. The number of aryl methyl sites for hydroxylation is 2. The number of oxazole rings is 1. The van der Waals surface area contributed by atoms with Crippen molar-refractivity contribution in [2.24, 2.45) is 0 Å². The van der Waals surface area contributed by atoms with Crippen LogP contribution < -0.4 is 16.3 Å². The van der Waals surface area contributed by atoms with Crippen molar-refractivity contribution >= 4 is 33.9 Å². The van der Waals surface area contributed by atoms with Gasteiger partial charge in [0, 0.05) is 37.0 Å². The molecular weight excluding hydrogens is 462 g/mol. The molecule has 5 aromatic rings. The standard InChI is InChI=1S/C25H23N7O4/c1-13-10-15(11-19-21(13)29-25(35)36-19)22(33)17-12-20(28-14(2)27-17)31-8-5-16(6-9-31)32-18-4-3-7-26-23(18)30-24(32)34/h3-4,7,10-12,16H,5-6,8-9H2,1-2H3,(H,29,35)(H,26,30,34). The molecule has 1 aliphatic heterocycles. The number of nitrogens with one attached hydrogen (secondary N) is 2. The second-order valence-corrected chi connectivity index (χ2v) is 9.06. The minimum absolute atomic E-state index is 0.0430. The first-order valence-electron chi connectivity index (χ1n) is 11.7. The highest BCUT2D eigenvalue weighted by Crippen LogP contribution is 2.28. The molecule has 1 aromatic carbocycles. The molecule has 5 heterocycles. The Kier molecular flexibility index (Phi) is 5.06. The highest BCUT2D eigenvalue weighted by atomic mass is 16.4. The lowest BCUT2D eigenvalue weighted by Gasteiger charge is -2.33. The van der Waals surface area contributed by atoms with Crippen molar-refractivity contribution in [3.63, 3.8) is 0 Å². The number of nitrogens with zero attached hydrogens (tertiary/aromatic N) is 5. The number of hydrogen-bond donors (Lipinski definition) is 2. The van der Waals surface area contributed by atoms with Gasteiger partial charge in [0.2, 0.25) is 5.78 Å². The summed E-state index contributed by atoms with van der Waals surface area (Å²) in [5.41, 5.74) is 3.54. The van der Waals surface area contributed by atoms with Gasteiger partial charge in [-0.3, -0.25) is 19.3 Å². The Morgan fingerprint density at radius 3 is 2.69 bits per heavy atom. The number of ketones is 1. The lowest BCUT2D eigenvalue weighted by Crippen LogP contribution is -2.37. The number of anilines is 1. The smallest absolute Gasteiger partial charge is 0.408 e. The molecule has 0 aliphatic carbocycles. The van der Waals surface area contributed by atoms with Crippen LogP contribution in [0.25, 0.3) is 22.3 Å². The van der Waals surface area contributed by atoms with Crippen LogP contribution in [0.1, 0.15) is 46.3 Å². The van der Waals surface area contributed by atoms with Gasteiger partial charge in [0.1, 0.15) is 17.3 Å². The molecule has 6 rings (SSSR count). The largest absolute Gasteiger partial charge is 0.417 e. The number of rotatable bonds is 4. The van der Waals surface area contributed by atoms with E-state index in [-0.39, 0.29) is 23.2 Å². The second kappa shape index (κ2) is 8.29. The summed E-state index contributed by atoms with van der Waals surface area (Å²) in [6, 6.07) is 8.74. The van der Waals surface area contributed by atoms with Gasteiger partial charge >= 0.3 is 11.4 Å². The van der Waals surface area contributed by atoms with Gasteiger partial charge in [-0.1, -0.05) is 0 Å². The average molecular weight is 486 g/mol. The summed E-state index contributed by atoms with van der Waals surface area (Å²) in [4.78, 5) is 58.2. The minimum atomic E-state index is -0.563. The zero-order valence-electron chi connectivity index (χ0n) is 19.7. The first-order valence-corrected chi connectivity index (χ1v) is 11.7. The number of carbonyl (C=O) groups excluding carboxylic acids is 1. The van der Waals surface area contributed by atoms with Gasteiger partial charge in [-0.05, 0) is 56.5 Å². The maximum Gasteiger partial charge on any atom is 0.417 e. The summed E-state index contributed by atoms with van der Waals surface area (Å²) in [6.45, 7) is 4.91. The fraction of sp³-hybridized carbons (Fsp3) is 0.280. The van der Waals surface area contributed by atoms with E-state index in [1.165, 1.54) is 0 Å². The lowest BCUT2D eigenvalue weighted by molar-refractivity contribution is 0.103. The van der Waals surface area contributed by atoms with Gasteiger partial charge in [0.25, 0.3) is 0 Å². The van der Waals surface area contributed by atoms with Gasteiger partial charge in [0.05, 0.1) is 11.0 Å². The van der Waals surface area contributed by atoms with Crippen LogP contribution in [0.5, 0.6) is 0 Å². The molecule has 0 unspecified atom stereocenters. The minimum Gasteiger partial charge on any atom is -0.408 e. The number of H-pyrrole nitrogens is 2.